The van der Waals surface area contributed by atoms with Gasteiger partial charge in [0.25, 0.3) is 5.91 Å². The van der Waals surface area contributed by atoms with E-state index in [1.807, 2.05) is 19.1 Å². The lowest BCUT2D eigenvalue weighted by atomic mass is 10.1. The van der Waals surface area contributed by atoms with Crippen molar-refractivity contribution in [3.8, 4) is 5.75 Å². The van der Waals surface area contributed by atoms with E-state index in [-0.39, 0.29) is 24.7 Å². The zero-order chi connectivity index (χ0) is 19.4. The van der Waals surface area contributed by atoms with Gasteiger partial charge in [0.15, 0.2) is 5.69 Å². The molecule has 0 aliphatic rings. The smallest absolute Gasteiger partial charge is 0.273 e. The molecule has 3 aromatic rings. The molecule has 1 amide bonds. The second-order valence-corrected chi connectivity index (χ2v) is 6.07. The Balaban J connectivity index is 1.63. The normalized spacial score (nSPS) is 12.0. The third-order valence-electron chi connectivity index (χ3n) is 4.24. The highest BCUT2D eigenvalue weighted by molar-refractivity contribution is 5.91. The Morgan fingerprint density at radius 3 is 2.85 bits per heavy atom. The van der Waals surface area contributed by atoms with Gasteiger partial charge in [0.1, 0.15) is 17.6 Å². The summed E-state index contributed by atoms with van der Waals surface area (Å²) < 4.78 is 11.7. The van der Waals surface area contributed by atoms with Crippen LogP contribution in [-0.4, -0.2) is 38.3 Å². The molecule has 0 radical (unpaired) electrons. The van der Waals surface area contributed by atoms with E-state index < -0.39 is 6.10 Å². The number of benzene rings is 1. The van der Waals surface area contributed by atoms with Crippen molar-refractivity contribution in [3.05, 3.63) is 58.7 Å². The summed E-state index contributed by atoms with van der Waals surface area (Å²) in [6.07, 6.45) is 0.641. The van der Waals surface area contributed by atoms with Crippen molar-refractivity contribution >= 4 is 5.91 Å². The summed E-state index contributed by atoms with van der Waals surface area (Å²) in [7, 11) is 1.54. The van der Waals surface area contributed by atoms with Gasteiger partial charge in [-0.3, -0.25) is 4.79 Å². The molecule has 3 rings (SSSR count). The molecular formula is C18H21N5O4. The monoisotopic (exact) mass is 371 g/mol. The molecule has 9 heteroatoms. The maximum Gasteiger partial charge on any atom is 0.273 e. The number of aromatic nitrogens is 4. The van der Waals surface area contributed by atoms with Crippen LogP contribution in [0.15, 0.2) is 35.0 Å². The fourth-order valence-electron chi connectivity index (χ4n) is 2.72. The molecule has 0 fully saturated rings. The second-order valence-electron chi connectivity index (χ2n) is 6.07. The number of aliphatic hydroxyl groups excluding tert-OH is 1. The second kappa shape index (κ2) is 8.00. The van der Waals surface area contributed by atoms with Crippen LogP contribution in [0, 0.1) is 13.8 Å². The van der Waals surface area contributed by atoms with Gasteiger partial charge in [-0.15, -0.1) is 5.10 Å². The van der Waals surface area contributed by atoms with Gasteiger partial charge in [0.05, 0.1) is 25.5 Å². The van der Waals surface area contributed by atoms with Crippen molar-refractivity contribution in [3.63, 3.8) is 0 Å². The molecule has 1 atom stereocenters. The van der Waals surface area contributed by atoms with Crippen LogP contribution in [-0.2, 0) is 13.1 Å². The van der Waals surface area contributed by atoms with Crippen LogP contribution in [0.2, 0.25) is 0 Å². The van der Waals surface area contributed by atoms with E-state index in [1.165, 1.54) is 10.9 Å². The van der Waals surface area contributed by atoms with Crippen LogP contribution in [0.4, 0.5) is 0 Å². The molecule has 0 saturated carbocycles. The quantitative estimate of drug-likeness (QED) is 0.647. The van der Waals surface area contributed by atoms with Gasteiger partial charge in [0, 0.05) is 17.7 Å². The minimum Gasteiger partial charge on any atom is -0.496 e. The summed E-state index contributed by atoms with van der Waals surface area (Å²) in [5, 5.41) is 24.8. The number of methoxy groups -OCH3 is 1. The van der Waals surface area contributed by atoms with Crippen molar-refractivity contribution in [2.75, 3.05) is 7.11 Å². The van der Waals surface area contributed by atoms with E-state index >= 15 is 0 Å². The Morgan fingerprint density at radius 1 is 1.37 bits per heavy atom. The molecule has 27 heavy (non-hydrogen) atoms. The lowest BCUT2D eigenvalue weighted by molar-refractivity contribution is 0.0945. The first kappa shape index (κ1) is 18.6. The number of aliphatic hydroxyl groups is 1. The number of hydrogen-bond donors (Lipinski definition) is 2. The summed E-state index contributed by atoms with van der Waals surface area (Å²) in [5.41, 5.74) is 2.37. The molecule has 142 valence electrons. The van der Waals surface area contributed by atoms with Gasteiger partial charge >= 0.3 is 0 Å². The van der Waals surface area contributed by atoms with Crippen LogP contribution < -0.4 is 10.1 Å². The third-order valence-corrected chi connectivity index (χ3v) is 4.24. The highest BCUT2D eigenvalue weighted by atomic mass is 16.5. The number of nitrogens with one attached hydrogen (secondary N) is 1. The zero-order valence-electron chi connectivity index (χ0n) is 15.3. The number of ether oxygens (including phenoxy) is 1. The van der Waals surface area contributed by atoms with Crippen LogP contribution in [0.5, 0.6) is 5.75 Å². The predicted octanol–water partition coefficient (Wildman–Crippen LogP) is 1.56. The van der Waals surface area contributed by atoms with Crippen molar-refractivity contribution in [1.82, 2.24) is 25.5 Å². The Kier molecular flexibility index (Phi) is 5.51. The van der Waals surface area contributed by atoms with E-state index in [0.29, 0.717) is 17.1 Å². The van der Waals surface area contributed by atoms with Gasteiger partial charge in [-0.2, -0.15) is 0 Å². The predicted molar refractivity (Wildman–Crippen MR) is 95.1 cm³/mol. The lowest BCUT2D eigenvalue weighted by Gasteiger charge is -2.14. The van der Waals surface area contributed by atoms with E-state index in [1.54, 1.807) is 26.2 Å². The molecule has 0 aliphatic carbocycles. The Labute approximate surface area is 155 Å². The molecule has 0 saturated heterocycles. The molecule has 2 N–H and O–H groups in total. The minimum atomic E-state index is -0.846. The highest BCUT2D eigenvalue weighted by Crippen LogP contribution is 2.25. The number of carbonyl (C=O) groups excluding carboxylic acids is 1. The summed E-state index contributed by atoms with van der Waals surface area (Å²) in [4.78, 5) is 12.3. The highest BCUT2D eigenvalue weighted by Gasteiger charge is 2.17. The molecule has 1 unspecified atom stereocenters. The number of hydrogen-bond acceptors (Lipinski definition) is 7. The van der Waals surface area contributed by atoms with E-state index in [0.717, 1.165) is 11.3 Å². The van der Waals surface area contributed by atoms with Crippen molar-refractivity contribution < 1.29 is 19.2 Å². The number of rotatable bonds is 7. The Bertz CT molecular complexity index is 914. The van der Waals surface area contributed by atoms with Crippen molar-refractivity contribution in [2.45, 2.75) is 33.0 Å². The molecular weight excluding hydrogens is 350 g/mol. The SMILES string of the molecule is COc1ccccc1C(O)Cn1cc(C(=O)NCc2c(C)noc2C)nn1. The van der Waals surface area contributed by atoms with Crippen molar-refractivity contribution in [1.29, 1.82) is 0 Å². The Hall–Kier alpha value is -3.20. The number of amides is 1. The van der Waals surface area contributed by atoms with Crippen LogP contribution in [0.25, 0.3) is 0 Å². The Morgan fingerprint density at radius 2 is 2.15 bits per heavy atom. The van der Waals surface area contributed by atoms with Gasteiger partial charge in [-0.05, 0) is 19.9 Å². The summed E-state index contributed by atoms with van der Waals surface area (Å²) in [6.45, 7) is 4.03. The number of nitrogens with zero attached hydrogens (tertiary/aromatic N) is 4. The average molecular weight is 371 g/mol. The zero-order valence-corrected chi connectivity index (χ0v) is 15.3. The third kappa shape index (κ3) is 4.14. The molecule has 2 aromatic heterocycles. The van der Waals surface area contributed by atoms with Gasteiger partial charge in [-0.25, -0.2) is 4.68 Å². The van der Waals surface area contributed by atoms with Crippen LogP contribution in [0.1, 0.15) is 39.2 Å². The minimum absolute atomic E-state index is 0.143. The van der Waals surface area contributed by atoms with Gasteiger partial charge in [-0.1, -0.05) is 28.6 Å². The molecule has 0 spiro atoms. The van der Waals surface area contributed by atoms with Gasteiger partial charge in [0.2, 0.25) is 0 Å². The topological polar surface area (TPSA) is 115 Å². The largest absolute Gasteiger partial charge is 0.496 e. The van der Waals surface area contributed by atoms with E-state index in [9.17, 15) is 9.90 Å². The van der Waals surface area contributed by atoms with Gasteiger partial charge < -0.3 is 19.7 Å². The summed E-state index contributed by atoms with van der Waals surface area (Å²) in [5.74, 6) is 0.881. The van der Waals surface area contributed by atoms with E-state index in [2.05, 4.69) is 20.8 Å². The number of aryl methyl sites for hydroxylation is 2. The molecule has 2 heterocycles. The first-order valence-corrected chi connectivity index (χ1v) is 8.40. The maximum atomic E-state index is 12.3. The van der Waals surface area contributed by atoms with Crippen LogP contribution >= 0.6 is 0 Å². The molecule has 0 aliphatic heterocycles. The summed E-state index contributed by atoms with van der Waals surface area (Å²) >= 11 is 0. The number of carbonyl (C=O) groups is 1. The first-order valence-electron chi connectivity index (χ1n) is 8.40. The summed E-state index contributed by atoms with van der Waals surface area (Å²) in [6, 6.07) is 7.19. The van der Waals surface area contributed by atoms with E-state index in [4.69, 9.17) is 9.26 Å². The lowest BCUT2D eigenvalue weighted by Crippen LogP contribution is -2.23. The number of para-hydroxylation sites is 1. The standard InChI is InChI=1S/C18H21N5O4/c1-11-14(12(2)27-21-11)8-19-18(25)15-9-23(22-20-15)10-16(24)13-6-4-5-7-17(13)26-3/h4-7,9,16,24H,8,10H2,1-3H3,(H,19,25). The first-order chi connectivity index (χ1) is 13.0. The average Bonchev–Trinajstić information content (AvgIpc) is 3.26. The van der Waals surface area contributed by atoms with Crippen LogP contribution in [0.3, 0.4) is 0 Å². The molecule has 0 bridgehead atoms. The molecule has 9 nitrogen and oxygen atoms in total. The molecule has 1 aromatic carbocycles. The fraction of sp³-hybridized carbons (Fsp3) is 0.333. The van der Waals surface area contributed by atoms with Crippen molar-refractivity contribution in [2.24, 2.45) is 0 Å². The maximum absolute atomic E-state index is 12.3. The fourth-order valence-corrected chi connectivity index (χ4v) is 2.72.